The lowest BCUT2D eigenvalue weighted by Gasteiger charge is -2.53. The average molecular weight is 467 g/mol. The van der Waals surface area contributed by atoms with E-state index in [2.05, 4.69) is 0 Å². The predicted molar refractivity (Wildman–Crippen MR) is 121 cm³/mol. The van der Waals surface area contributed by atoms with E-state index in [4.69, 9.17) is 0 Å². The minimum absolute atomic E-state index is 0.0642. The van der Waals surface area contributed by atoms with Gasteiger partial charge in [-0.15, -0.1) is 11.8 Å². The number of nitrogens with zero attached hydrogens (tertiary/aromatic N) is 2. The molecule has 33 heavy (non-hydrogen) atoms. The summed E-state index contributed by atoms with van der Waals surface area (Å²) in [5.74, 6) is -3.47. The number of aromatic nitrogens is 1. The Labute approximate surface area is 192 Å². The zero-order valence-electron chi connectivity index (χ0n) is 17.5. The van der Waals surface area contributed by atoms with Crippen LogP contribution in [0.15, 0.2) is 70.5 Å². The van der Waals surface area contributed by atoms with Gasteiger partial charge in [-0.1, -0.05) is 42.5 Å². The van der Waals surface area contributed by atoms with Crippen LogP contribution in [0.4, 0.5) is 8.78 Å². The van der Waals surface area contributed by atoms with Crippen molar-refractivity contribution in [3.05, 3.63) is 93.4 Å². The van der Waals surface area contributed by atoms with Gasteiger partial charge < -0.3 is 5.11 Å². The van der Waals surface area contributed by atoms with Crippen molar-refractivity contribution in [1.82, 2.24) is 4.68 Å². The van der Waals surface area contributed by atoms with Crippen LogP contribution in [0.2, 0.25) is 0 Å². The number of hydrogen-bond donors (Lipinski definition) is 1. The minimum atomic E-state index is -2.94. The lowest BCUT2D eigenvalue weighted by molar-refractivity contribution is -0.142. The summed E-state index contributed by atoms with van der Waals surface area (Å²) in [4.78, 5) is 26.7. The Kier molecular flexibility index (Phi) is 4.30. The van der Waals surface area contributed by atoms with Crippen molar-refractivity contribution in [2.75, 3.05) is 11.6 Å². The minimum Gasteiger partial charge on any atom is -0.503 e. The van der Waals surface area contributed by atoms with Gasteiger partial charge in [-0.05, 0) is 22.8 Å². The number of thioether (sulfide) groups is 1. The van der Waals surface area contributed by atoms with E-state index in [0.29, 0.717) is 0 Å². The van der Waals surface area contributed by atoms with E-state index in [0.717, 1.165) is 27.3 Å². The first-order valence-electron chi connectivity index (χ1n) is 10.7. The number of carbonyl (C=O) groups excluding carboxylic acids is 1. The number of alkyl halides is 2. The van der Waals surface area contributed by atoms with Crippen LogP contribution in [0, 0.1) is 5.41 Å². The number of aromatic hydroxyl groups is 1. The Balaban J connectivity index is 1.61. The van der Waals surface area contributed by atoms with Gasteiger partial charge in [-0.3, -0.25) is 19.3 Å². The number of ketones is 1. The normalized spacial score (nSPS) is 22.1. The molecule has 8 heteroatoms. The van der Waals surface area contributed by atoms with Crippen molar-refractivity contribution in [3.63, 3.8) is 0 Å². The van der Waals surface area contributed by atoms with Gasteiger partial charge in [0, 0.05) is 42.3 Å². The molecule has 5 nitrogen and oxygen atoms in total. The van der Waals surface area contributed by atoms with Gasteiger partial charge in [-0.25, -0.2) is 8.78 Å². The first-order chi connectivity index (χ1) is 15.8. The molecular formula is C25H20F2N2O3S. The third kappa shape index (κ3) is 2.96. The van der Waals surface area contributed by atoms with Crippen molar-refractivity contribution in [1.29, 1.82) is 0 Å². The Hall–Kier alpha value is -3.13. The van der Waals surface area contributed by atoms with E-state index in [9.17, 15) is 23.5 Å². The molecule has 1 spiro atoms. The number of hydrogen-bond acceptors (Lipinski definition) is 5. The molecule has 0 bridgehead atoms. The Bertz CT molecular complexity index is 1310. The standard InChI is InChI=1S/C25H20F2N2O3S/c26-25(27)12-24(13-25)14-29(28-10-9-18(30)22(31)21(28)23(24)32)20-16-6-2-1-5-15(16)11-33-19-8-4-3-7-17(19)20/h1-10,20,31H,11-14H2. The highest BCUT2D eigenvalue weighted by Gasteiger charge is 2.64. The van der Waals surface area contributed by atoms with E-state index < -0.39 is 41.1 Å². The van der Waals surface area contributed by atoms with Gasteiger partial charge in [0.15, 0.2) is 17.2 Å². The fraction of sp³-hybridized carbons (Fsp3) is 0.280. The van der Waals surface area contributed by atoms with E-state index in [1.54, 1.807) is 11.8 Å². The number of halogens is 2. The smallest absolute Gasteiger partial charge is 0.250 e. The zero-order valence-corrected chi connectivity index (χ0v) is 18.3. The van der Waals surface area contributed by atoms with Crippen molar-refractivity contribution in [2.45, 2.75) is 35.5 Å². The van der Waals surface area contributed by atoms with Gasteiger partial charge >= 0.3 is 0 Å². The van der Waals surface area contributed by atoms with Crippen LogP contribution >= 0.6 is 11.8 Å². The lowest BCUT2D eigenvalue weighted by atomic mass is 9.61. The van der Waals surface area contributed by atoms with E-state index >= 15 is 0 Å². The molecule has 1 unspecified atom stereocenters. The molecule has 1 aliphatic carbocycles. The number of pyridine rings is 1. The second kappa shape index (κ2) is 6.93. The second-order valence-electron chi connectivity index (χ2n) is 9.07. The Morgan fingerprint density at radius 2 is 1.67 bits per heavy atom. The van der Waals surface area contributed by atoms with Gasteiger partial charge in [0.1, 0.15) is 0 Å². The molecule has 168 valence electrons. The summed E-state index contributed by atoms with van der Waals surface area (Å²) in [6.45, 7) is 0.0642. The van der Waals surface area contributed by atoms with Crippen molar-refractivity contribution >= 4 is 17.5 Å². The summed E-state index contributed by atoms with van der Waals surface area (Å²) >= 11 is 1.70. The van der Waals surface area contributed by atoms with Crippen LogP contribution in [0.1, 0.15) is 46.1 Å². The number of fused-ring (bicyclic) bond motifs is 3. The monoisotopic (exact) mass is 466 g/mol. The maximum absolute atomic E-state index is 14.1. The highest BCUT2D eigenvalue weighted by atomic mass is 32.2. The van der Waals surface area contributed by atoms with Crippen molar-refractivity contribution in [2.24, 2.45) is 5.41 Å². The van der Waals surface area contributed by atoms with E-state index in [1.165, 1.54) is 16.9 Å². The molecule has 3 aliphatic rings. The maximum Gasteiger partial charge on any atom is 0.250 e. The molecule has 3 heterocycles. The third-order valence-corrected chi connectivity index (χ3v) is 8.07. The summed E-state index contributed by atoms with van der Waals surface area (Å²) in [6.07, 6.45) is 0.271. The number of Topliss-reactive ketones (excluding diaryl/α,β-unsaturated/α-hetero) is 1. The molecule has 0 radical (unpaired) electrons. The molecule has 1 saturated carbocycles. The highest BCUT2D eigenvalue weighted by molar-refractivity contribution is 7.98. The summed E-state index contributed by atoms with van der Waals surface area (Å²) in [6, 6.07) is 16.7. The van der Waals surface area contributed by atoms with Crippen LogP contribution in [0.25, 0.3) is 0 Å². The summed E-state index contributed by atoms with van der Waals surface area (Å²) in [5.41, 5.74) is 0.853. The first-order valence-corrected chi connectivity index (χ1v) is 11.7. The van der Waals surface area contributed by atoms with E-state index in [1.807, 2.05) is 53.5 Å². The highest BCUT2D eigenvalue weighted by Crippen LogP contribution is 2.57. The Morgan fingerprint density at radius 3 is 2.42 bits per heavy atom. The SMILES string of the molecule is O=C1c2c(O)c(=O)ccn2N(C2c3ccccc3CSc3ccccc32)CC12CC(F)(F)C2. The molecule has 0 amide bonds. The van der Waals surface area contributed by atoms with Gasteiger partial charge in [-0.2, -0.15) is 0 Å². The zero-order chi connectivity index (χ0) is 23.0. The molecule has 1 atom stereocenters. The molecule has 1 N–H and O–H groups in total. The summed E-state index contributed by atoms with van der Waals surface area (Å²) < 4.78 is 29.7. The molecule has 6 rings (SSSR count). The molecular weight excluding hydrogens is 446 g/mol. The molecule has 0 saturated heterocycles. The van der Waals surface area contributed by atoms with Crippen molar-refractivity contribution in [3.8, 4) is 5.75 Å². The fourth-order valence-corrected chi connectivity index (χ4v) is 6.59. The van der Waals surface area contributed by atoms with Gasteiger partial charge in [0.05, 0.1) is 11.5 Å². The van der Waals surface area contributed by atoms with Gasteiger partial charge in [0.2, 0.25) is 11.4 Å². The maximum atomic E-state index is 14.1. The first kappa shape index (κ1) is 20.5. The van der Waals surface area contributed by atoms with Crippen LogP contribution in [0.3, 0.4) is 0 Å². The quantitative estimate of drug-likeness (QED) is 0.572. The number of carbonyl (C=O) groups is 1. The second-order valence-corrected chi connectivity index (χ2v) is 10.1. The van der Waals surface area contributed by atoms with Crippen LogP contribution in [-0.4, -0.2) is 28.0 Å². The summed E-state index contributed by atoms with van der Waals surface area (Å²) in [5, 5.41) is 12.5. The average Bonchev–Trinajstić information content (AvgIpc) is 2.94. The Morgan fingerprint density at radius 1 is 0.970 bits per heavy atom. The molecule has 2 aliphatic heterocycles. The number of benzene rings is 2. The van der Waals surface area contributed by atoms with Crippen LogP contribution < -0.4 is 10.4 Å². The molecule has 3 aromatic rings. The lowest BCUT2D eigenvalue weighted by Crippen LogP contribution is -2.63. The molecule has 1 fully saturated rings. The predicted octanol–water partition coefficient (Wildman–Crippen LogP) is 4.50. The number of rotatable bonds is 1. The third-order valence-electron chi connectivity index (χ3n) is 6.93. The summed E-state index contributed by atoms with van der Waals surface area (Å²) in [7, 11) is 0. The topological polar surface area (TPSA) is 62.5 Å². The van der Waals surface area contributed by atoms with E-state index in [-0.39, 0.29) is 18.3 Å². The fourth-order valence-electron chi connectivity index (χ4n) is 5.49. The largest absolute Gasteiger partial charge is 0.503 e. The molecule has 1 aromatic heterocycles. The van der Waals surface area contributed by atoms with Crippen LogP contribution in [-0.2, 0) is 5.75 Å². The van der Waals surface area contributed by atoms with Crippen molar-refractivity contribution < 1.29 is 18.7 Å². The molecule has 2 aromatic carbocycles. The van der Waals surface area contributed by atoms with Gasteiger partial charge in [0.25, 0.3) is 0 Å². The van der Waals surface area contributed by atoms with Crippen LogP contribution in [0.5, 0.6) is 5.75 Å².